The Balaban J connectivity index is 1.98. The van der Waals surface area contributed by atoms with Crippen LogP contribution in [0.5, 0.6) is 0 Å². The molecule has 0 unspecified atom stereocenters. The molecule has 1 saturated heterocycles. The van der Waals surface area contributed by atoms with Crippen LogP contribution in [0.2, 0.25) is 0 Å². The van der Waals surface area contributed by atoms with Crippen LogP contribution in [0.4, 0.5) is 4.39 Å². The number of carbonyl (C=O) groups excluding carboxylic acids is 1. The number of carbonyl (C=O) groups is 1. The summed E-state index contributed by atoms with van der Waals surface area (Å²) in [6.07, 6.45) is 2.15. The van der Waals surface area contributed by atoms with Crippen molar-refractivity contribution in [3.05, 3.63) is 35.6 Å². The van der Waals surface area contributed by atoms with Gasteiger partial charge in [-0.05, 0) is 50.2 Å². The summed E-state index contributed by atoms with van der Waals surface area (Å²) in [6.45, 7) is 6.80. The zero-order valence-electron chi connectivity index (χ0n) is 11.4. The first-order chi connectivity index (χ1) is 9.20. The van der Waals surface area contributed by atoms with Gasteiger partial charge in [0.1, 0.15) is 5.82 Å². The van der Waals surface area contributed by atoms with Gasteiger partial charge in [-0.3, -0.25) is 4.79 Å². The van der Waals surface area contributed by atoms with Gasteiger partial charge in [0.25, 0.3) is 5.91 Å². The Labute approximate surface area is 114 Å². The normalized spacial score (nSPS) is 17.3. The Bertz CT molecular complexity index is 419. The van der Waals surface area contributed by atoms with Gasteiger partial charge < -0.3 is 9.80 Å². The highest BCUT2D eigenvalue weighted by atomic mass is 19.1. The van der Waals surface area contributed by atoms with Crippen LogP contribution >= 0.6 is 0 Å². The third kappa shape index (κ3) is 3.77. The monoisotopic (exact) mass is 264 g/mol. The summed E-state index contributed by atoms with van der Waals surface area (Å²) in [4.78, 5) is 16.6. The summed E-state index contributed by atoms with van der Waals surface area (Å²) in [7, 11) is 0. The van der Waals surface area contributed by atoms with Crippen LogP contribution < -0.4 is 0 Å². The van der Waals surface area contributed by atoms with Crippen molar-refractivity contribution >= 4 is 5.91 Å². The van der Waals surface area contributed by atoms with Crippen molar-refractivity contribution in [2.75, 3.05) is 32.7 Å². The fourth-order valence-corrected chi connectivity index (χ4v) is 2.49. The van der Waals surface area contributed by atoms with E-state index >= 15 is 0 Å². The van der Waals surface area contributed by atoms with Crippen LogP contribution in [0.3, 0.4) is 0 Å². The third-order valence-corrected chi connectivity index (χ3v) is 3.51. The molecule has 0 radical (unpaired) electrons. The van der Waals surface area contributed by atoms with Gasteiger partial charge in [0.15, 0.2) is 0 Å². The summed E-state index contributed by atoms with van der Waals surface area (Å²) >= 11 is 0. The number of hydrogen-bond donors (Lipinski definition) is 0. The number of halogens is 1. The fourth-order valence-electron chi connectivity index (χ4n) is 2.49. The Morgan fingerprint density at radius 2 is 1.89 bits per heavy atom. The lowest BCUT2D eigenvalue weighted by atomic mass is 10.2. The van der Waals surface area contributed by atoms with Crippen molar-refractivity contribution in [3.63, 3.8) is 0 Å². The predicted molar refractivity (Wildman–Crippen MR) is 73.7 cm³/mol. The first kappa shape index (κ1) is 14.0. The number of nitrogens with zero attached hydrogens (tertiary/aromatic N) is 2. The summed E-state index contributed by atoms with van der Waals surface area (Å²) in [5.74, 6) is -0.292. The van der Waals surface area contributed by atoms with Crippen LogP contribution in [-0.2, 0) is 0 Å². The number of rotatable bonds is 3. The van der Waals surface area contributed by atoms with Crippen molar-refractivity contribution in [2.24, 2.45) is 0 Å². The first-order valence-corrected chi connectivity index (χ1v) is 6.98. The number of hydrogen-bond acceptors (Lipinski definition) is 2. The second-order valence-corrected chi connectivity index (χ2v) is 4.99. The molecule has 3 nitrogen and oxygen atoms in total. The van der Waals surface area contributed by atoms with Gasteiger partial charge in [-0.15, -0.1) is 0 Å². The molecule has 1 aromatic rings. The fraction of sp³-hybridized carbons (Fsp3) is 0.533. The smallest absolute Gasteiger partial charge is 0.253 e. The summed E-state index contributed by atoms with van der Waals surface area (Å²) in [5, 5.41) is 0. The van der Waals surface area contributed by atoms with Gasteiger partial charge in [0.05, 0.1) is 0 Å². The Hall–Kier alpha value is -1.42. The van der Waals surface area contributed by atoms with Crippen molar-refractivity contribution in [3.8, 4) is 0 Å². The van der Waals surface area contributed by atoms with Crippen LogP contribution in [0.15, 0.2) is 24.3 Å². The molecule has 0 bridgehead atoms. The molecular formula is C15H21FN2O. The molecule has 1 aromatic carbocycles. The highest BCUT2D eigenvalue weighted by Crippen LogP contribution is 2.10. The van der Waals surface area contributed by atoms with E-state index < -0.39 is 0 Å². The summed E-state index contributed by atoms with van der Waals surface area (Å²) in [5.41, 5.74) is 0.574. The molecule has 1 amide bonds. The molecule has 1 aliphatic heterocycles. The van der Waals surface area contributed by atoms with Crippen molar-refractivity contribution < 1.29 is 9.18 Å². The van der Waals surface area contributed by atoms with Crippen LogP contribution in [0.1, 0.15) is 30.1 Å². The maximum absolute atomic E-state index is 12.9. The van der Waals surface area contributed by atoms with E-state index in [2.05, 4.69) is 11.8 Å². The van der Waals surface area contributed by atoms with Gasteiger partial charge in [-0.1, -0.05) is 6.92 Å². The van der Waals surface area contributed by atoms with Gasteiger partial charge in [0, 0.05) is 25.2 Å². The van der Waals surface area contributed by atoms with Crippen molar-refractivity contribution in [2.45, 2.75) is 19.8 Å². The maximum atomic E-state index is 12.9. The molecule has 0 saturated carbocycles. The van der Waals surface area contributed by atoms with Gasteiger partial charge in [-0.2, -0.15) is 0 Å². The van der Waals surface area contributed by atoms with Gasteiger partial charge in [0.2, 0.25) is 0 Å². The zero-order chi connectivity index (χ0) is 13.7. The van der Waals surface area contributed by atoms with E-state index in [1.54, 1.807) is 12.1 Å². The molecule has 0 aliphatic carbocycles. The van der Waals surface area contributed by atoms with E-state index in [4.69, 9.17) is 0 Å². The van der Waals surface area contributed by atoms with Gasteiger partial charge in [-0.25, -0.2) is 4.39 Å². The highest BCUT2D eigenvalue weighted by Gasteiger charge is 2.19. The molecule has 1 aliphatic rings. The molecule has 19 heavy (non-hydrogen) atoms. The van der Waals surface area contributed by atoms with Gasteiger partial charge >= 0.3 is 0 Å². The molecule has 2 rings (SSSR count). The van der Waals surface area contributed by atoms with E-state index in [1.165, 1.54) is 12.1 Å². The zero-order valence-corrected chi connectivity index (χ0v) is 11.4. The van der Waals surface area contributed by atoms with E-state index in [0.29, 0.717) is 5.56 Å². The van der Waals surface area contributed by atoms with E-state index in [9.17, 15) is 9.18 Å². The maximum Gasteiger partial charge on any atom is 0.253 e. The first-order valence-electron chi connectivity index (χ1n) is 6.98. The predicted octanol–water partition coefficient (Wildman–Crippen LogP) is 2.38. The molecule has 0 spiro atoms. The molecule has 104 valence electrons. The van der Waals surface area contributed by atoms with Crippen LogP contribution in [-0.4, -0.2) is 48.4 Å². The van der Waals surface area contributed by atoms with Crippen molar-refractivity contribution in [1.82, 2.24) is 9.80 Å². The quantitative estimate of drug-likeness (QED) is 0.837. The summed E-state index contributed by atoms with van der Waals surface area (Å²) < 4.78 is 12.9. The van der Waals surface area contributed by atoms with E-state index in [1.807, 2.05) is 4.90 Å². The molecule has 0 N–H and O–H groups in total. The minimum absolute atomic E-state index is 0.0124. The third-order valence-electron chi connectivity index (χ3n) is 3.51. The Morgan fingerprint density at radius 1 is 1.16 bits per heavy atom. The summed E-state index contributed by atoms with van der Waals surface area (Å²) in [6, 6.07) is 5.81. The Kier molecular flexibility index (Phi) is 4.91. The lowest BCUT2D eigenvalue weighted by molar-refractivity contribution is 0.0761. The molecule has 0 atom stereocenters. The van der Waals surface area contributed by atoms with E-state index in [-0.39, 0.29) is 11.7 Å². The topological polar surface area (TPSA) is 23.6 Å². The molecular weight excluding hydrogens is 243 g/mol. The Morgan fingerprint density at radius 3 is 2.58 bits per heavy atom. The molecule has 0 aromatic heterocycles. The lowest BCUT2D eigenvalue weighted by Gasteiger charge is -2.21. The average molecular weight is 264 g/mol. The minimum Gasteiger partial charge on any atom is -0.337 e. The lowest BCUT2D eigenvalue weighted by Crippen LogP contribution is -2.35. The van der Waals surface area contributed by atoms with Crippen LogP contribution in [0, 0.1) is 5.82 Å². The highest BCUT2D eigenvalue weighted by molar-refractivity contribution is 5.94. The SMILES string of the molecule is CCCN1CCCN(C(=O)c2ccc(F)cc2)CC1. The van der Waals surface area contributed by atoms with Crippen LogP contribution in [0.25, 0.3) is 0 Å². The standard InChI is InChI=1S/C15H21FN2O/c1-2-8-17-9-3-10-18(12-11-17)15(19)13-4-6-14(16)7-5-13/h4-7H,2-3,8-12H2,1H3. The minimum atomic E-state index is -0.304. The van der Waals surface area contributed by atoms with Crippen molar-refractivity contribution in [1.29, 1.82) is 0 Å². The molecule has 4 heteroatoms. The molecule has 1 fully saturated rings. The largest absolute Gasteiger partial charge is 0.337 e. The number of benzene rings is 1. The second-order valence-electron chi connectivity index (χ2n) is 4.99. The average Bonchev–Trinajstić information content (AvgIpc) is 2.65. The second kappa shape index (κ2) is 6.66. The number of amides is 1. The molecule has 1 heterocycles. The van der Waals surface area contributed by atoms with E-state index in [0.717, 1.165) is 45.6 Å².